The molecular weight excluding hydrogens is 603 g/mol. The van der Waals surface area contributed by atoms with Gasteiger partial charge in [-0.2, -0.15) is 0 Å². The molecule has 12 heteroatoms. The van der Waals surface area contributed by atoms with Crippen molar-refractivity contribution < 1.29 is 17.9 Å². The number of hydrogen-bond acceptors (Lipinski definition) is 8. The Morgan fingerprint density at radius 1 is 1.05 bits per heavy atom. The number of hydrogen-bond donors (Lipinski definition) is 1. The summed E-state index contributed by atoms with van der Waals surface area (Å²) in [4.78, 5) is 10.1. The molecule has 1 saturated carbocycles. The van der Waals surface area contributed by atoms with E-state index in [1.54, 1.807) is 61.8 Å². The predicted octanol–water partition coefficient (Wildman–Crippen LogP) is 7.26. The topological polar surface area (TPSA) is 109 Å². The van der Waals surface area contributed by atoms with E-state index in [-0.39, 0.29) is 17.3 Å². The molecule has 2 N–H and O–H groups in total. The summed E-state index contributed by atoms with van der Waals surface area (Å²) < 4.78 is 40.8. The van der Waals surface area contributed by atoms with Gasteiger partial charge in [-0.1, -0.05) is 47.0 Å². The first kappa shape index (κ1) is 28.1. The molecule has 3 heterocycles. The van der Waals surface area contributed by atoms with Crippen LogP contribution in [-0.4, -0.2) is 36.3 Å². The Kier molecular flexibility index (Phi) is 7.34. The second kappa shape index (κ2) is 10.7. The number of halogens is 2. The number of anilines is 1. The van der Waals surface area contributed by atoms with E-state index in [1.165, 1.54) is 21.5 Å². The molecule has 3 aromatic heterocycles. The molecule has 0 radical (unpaired) electrons. The van der Waals surface area contributed by atoms with E-state index in [1.807, 2.05) is 6.92 Å². The van der Waals surface area contributed by atoms with Crippen molar-refractivity contribution in [1.29, 1.82) is 0 Å². The minimum atomic E-state index is -4.09. The average molecular weight is 630 g/mol. The Bertz CT molecular complexity index is 1880. The monoisotopic (exact) mass is 628 g/mol. The van der Waals surface area contributed by atoms with Crippen molar-refractivity contribution in [2.75, 3.05) is 19.6 Å². The van der Waals surface area contributed by atoms with Crippen LogP contribution in [0.25, 0.3) is 32.7 Å². The molecule has 5 aromatic rings. The molecule has 1 fully saturated rings. The summed E-state index contributed by atoms with van der Waals surface area (Å²) >= 11 is 14.6. The number of pyridine rings is 1. The van der Waals surface area contributed by atoms with Crippen LogP contribution in [0.3, 0.4) is 0 Å². The number of methoxy groups -OCH3 is 1. The molecule has 0 atom stereocenters. The SMILES string of the molecule is COCOC1(c2ncc(-c3c(Cl)cnc4c3cc(-c3ccc(N)c(Cl)c3)n4S(=O)(=O)c3ccc(C)cc3)s2)CCC1. The molecule has 0 unspecified atom stereocenters. The van der Waals surface area contributed by atoms with Crippen LogP contribution in [0.15, 0.2) is 65.8 Å². The van der Waals surface area contributed by atoms with Gasteiger partial charge in [-0.3, -0.25) is 0 Å². The number of fused-ring (bicyclic) bond motifs is 1. The van der Waals surface area contributed by atoms with Gasteiger partial charge in [0.1, 0.15) is 17.4 Å². The first-order valence-electron chi connectivity index (χ1n) is 12.8. The van der Waals surface area contributed by atoms with Gasteiger partial charge in [0, 0.05) is 36.0 Å². The maximum atomic E-state index is 14.2. The lowest BCUT2D eigenvalue weighted by molar-refractivity contribution is -0.171. The maximum Gasteiger partial charge on any atom is 0.269 e. The zero-order valence-electron chi connectivity index (χ0n) is 22.2. The summed E-state index contributed by atoms with van der Waals surface area (Å²) in [5.74, 6) is 0. The van der Waals surface area contributed by atoms with Gasteiger partial charge in [-0.15, -0.1) is 11.3 Å². The number of nitrogen functional groups attached to an aromatic ring is 1. The highest BCUT2D eigenvalue weighted by Crippen LogP contribution is 2.49. The number of aromatic nitrogens is 3. The fraction of sp³-hybridized carbons (Fsp3) is 0.241. The van der Waals surface area contributed by atoms with Crippen LogP contribution in [0, 0.1) is 6.92 Å². The molecule has 8 nitrogen and oxygen atoms in total. The molecule has 0 aliphatic heterocycles. The van der Waals surface area contributed by atoms with Gasteiger partial charge in [0.2, 0.25) is 0 Å². The van der Waals surface area contributed by atoms with Crippen LogP contribution in [0.5, 0.6) is 0 Å². The van der Waals surface area contributed by atoms with E-state index in [0.29, 0.717) is 37.9 Å². The molecule has 1 aliphatic rings. The molecule has 0 spiro atoms. The Morgan fingerprint density at radius 3 is 2.46 bits per heavy atom. The van der Waals surface area contributed by atoms with Crippen molar-refractivity contribution in [3.8, 4) is 21.7 Å². The van der Waals surface area contributed by atoms with Crippen molar-refractivity contribution in [2.24, 2.45) is 0 Å². The maximum absolute atomic E-state index is 14.2. The van der Waals surface area contributed by atoms with Gasteiger partial charge in [-0.05, 0) is 56.5 Å². The lowest BCUT2D eigenvalue weighted by Crippen LogP contribution is -2.37. The summed E-state index contributed by atoms with van der Waals surface area (Å²) in [6.45, 7) is 2.07. The summed E-state index contributed by atoms with van der Waals surface area (Å²) in [6.07, 6.45) is 5.95. The zero-order chi connectivity index (χ0) is 28.9. The summed E-state index contributed by atoms with van der Waals surface area (Å²) in [6, 6.07) is 13.5. The number of thiazole rings is 1. The normalized spacial score (nSPS) is 14.8. The van der Waals surface area contributed by atoms with E-state index in [9.17, 15) is 8.42 Å². The van der Waals surface area contributed by atoms with Crippen LogP contribution in [0.1, 0.15) is 29.8 Å². The molecule has 0 amide bonds. The standard InChI is InChI=1S/C29H26Cl2N4O4S2/c1-17-4-7-19(8-5-17)41(36,37)35-24(18-6-9-23(32)21(30)12-18)13-20-26(22(31)14-33-27(20)35)25-15-34-28(40-25)29(10-3-11-29)39-16-38-2/h4-9,12-15H,3,10-11,16,32H2,1-2H3. The van der Waals surface area contributed by atoms with Crippen LogP contribution < -0.4 is 5.73 Å². The molecule has 41 heavy (non-hydrogen) atoms. The lowest BCUT2D eigenvalue weighted by atomic mass is 9.80. The Labute approximate surface area is 251 Å². The van der Waals surface area contributed by atoms with Gasteiger partial charge >= 0.3 is 0 Å². The first-order valence-corrected chi connectivity index (χ1v) is 15.8. The highest BCUT2D eigenvalue weighted by Gasteiger charge is 2.43. The largest absolute Gasteiger partial charge is 0.398 e. The first-order chi connectivity index (χ1) is 19.6. The van der Waals surface area contributed by atoms with Crippen molar-refractivity contribution in [2.45, 2.75) is 36.7 Å². The van der Waals surface area contributed by atoms with Gasteiger partial charge in [-0.25, -0.2) is 22.4 Å². The minimum Gasteiger partial charge on any atom is -0.398 e. The summed E-state index contributed by atoms with van der Waals surface area (Å²) in [5, 5.41) is 2.08. The second-order valence-electron chi connectivity index (χ2n) is 10.00. The second-order valence-corrected chi connectivity index (χ2v) is 13.6. The third-order valence-electron chi connectivity index (χ3n) is 7.35. The molecule has 2 aromatic carbocycles. The number of nitrogens with two attached hydrogens (primary N) is 1. The van der Waals surface area contributed by atoms with E-state index < -0.39 is 15.6 Å². The lowest BCUT2D eigenvalue weighted by Gasteiger charge is -2.39. The number of ether oxygens (including phenoxy) is 2. The average Bonchev–Trinajstić information content (AvgIpc) is 3.56. The number of rotatable bonds is 8. The fourth-order valence-corrected chi connectivity index (χ4v) is 8.15. The van der Waals surface area contributed by atoms with Crippen LogP contribution in [-0.2, 0) is 25.1 Å². The Morgan fingerprint density at radius 2 is 1.80 bits per heavy atom. The van der Waals surface area contributed by atoms with Crippen molar-refractivity contribution in [1.82, 2.24) is 13.9 Å². The summed E-state index contributed by atoms with van der Waals surface area (Å²) in [7, 11) is -2.49. The molecule has 0 saturated heterocycles. The van der Waals surface area contributed by atoms with E-state index >= 15 is 0 Å². The smallest absolute Gasteiger partial charge is 0.269 e. The predicted molar refractivity (Wildman–Crippen MR) is 163 cm³/mol. The quantitative estimate of drug-likeness (QED) is 0.142. The van der Waals surface area contributed by atoms with Crippen molar-refractivity contribution >= 4 is 61.3 Å². The molecule has 212 valence electrons. The van der Waals surface area contributed by atoms with Crippen molar-refractivity contribution in [3.05, 3.63) is 81.5 Å². The van der Waals surface area contributed by atoms with Crippen LogP contribution >= 0.6 is 34.5 Å². The van der Waals surface area contributed by atoms with Crippen LogP contribution in [0.2, 0.25) is 10.0 Å². The summed E-state index contributed by atoms with van der Waals surface area (Å²) in [5.41, 5.74) is 8.61. The Hall–Kier alpha value is -2.99. The van der Waals surface area contributed by atoms with E-state index in [4.69, 9.17) is 43.4 Å². The van der Waals surface area contributed by atoms with Crippen molar-refractivity contribution in [3.63, 3.8) is 0 Å². The van der Waals surface area contributed by atoms with E-state index in [0.717, 1.165) is 34.7 Å². The molecule has 1 aliphatic carbocycles. The molecule has 0 bridgehead atoms. The van der Waals surface area contributed by atoms with Gasteiger partial charge in [0.25, 0.3) is 10.0 Å². The number of nitrogens with zero attached hydrogens (tertiary/aromatic N) is 3. The van der Waals surface area contributed by atoms with Gasteiger partial charge < -0.3 is 15.2 Å². The molecule has 6 rings (SSSR count). The molecular formula is C29H26Cl2N4O4S2. The van der Waals surface area contributed by atoms with Crippen LogP contribution in [0.4, 0.5) is 5.69 Å². The van der Waals surface area contributed by atoms with E-state index in [2.05, 4.69) is 4.98 Å². The van der Waals surface area contributed by atoms with Gasteiger partial charge in [0.15, 0.2) is 5.65 Å². The van der Waals surface area contributed by atoms with Gasteiger partial charge in [0.05, 0.1) is 31.2 Å². The zero-order valence-corrected chi connectivity index (χ0v) is 25.4. The fourth-order valence-electron chi connectivity index (χ4n) is 4.99. The number of benzene rings is 2. The minimum absolute atomic E-state index is 0.129. The third-order valence-corrected chi connectivity index (χ3v) is 10.9. The number of aryl methyl sites for hydroxylation is 1. The third kappa shape index (κ3) is 4.82. The highest BCUT2D eigenvalue weighted by atomic mass is 35.5. The Balaban J connectivity index is 1.59. The highest BCUT2D eigenvalue weighted by molar-refractivity contribution is 7.90.